The summed E-state index contributed by atoms with van der Waals surface area (Å²) in [5.74, 6) is -0.402. The van der Waals surface area contributed by atoms with Gasteiger partial charge in [0.1, 0.15) is 18.1 Å². The summed E-state index contributed by atoms with van der Waals surface area (Å²) in [4.78, 5) is 30.8. The highest BCUT2D eigenvalue weighted by molar-refractivity contribution is 6.46. The van der Waals surface area contributed by atoms with Crippen molar-refractivity contribution in [1.82, 2.24) is 9.80 Å². The number of ether oxygens (including phenoxy) is 2. The number of carbonyl (C=O) groups excluding carboxylic acids is 2. The van der Waals surface area contributed by atoms with Crippen LogP contribution in [0.4, 0.5) is 0 Å². The summed E-state index contributed by atoms with van der Waals surface area (Å²) in [5, 5.41) is 11.5. The number of aliphatic hydroxyl groups excluding tert-OH is 1. The summed E-state index contributed by atoms with van der Waals surface area (Å²) in [6, 6.07) is 22.5. The molecule has 1 unspecified atom stereocenters. The van der Waals surface area contributed by atoms with Crippen LogP contribution < -0.4 is 4.74 Å². The van der Waals surface area contributed by atoms with Crippen LogP contribution in [-0.2, 0) is 20.9 Å². The van der Waals surface area contributed by atoms with Gasteiger partial charge in [0, 0.05) is 31.7 Å². The molecule has 2 aliphatic heterocycles. The standard InChI is InChI=1S/C35H40N2O5/c1-24(2)27-8-10-28(11-9-27)32-31(34(39)35(40)37(32)17-5-16-36-18-20-41-21-19-36)33(38)29-12-14-30(15-13-29)42-23-26-7-4-6-25(3)22-26/h4,6-15,22,24,32,38H,5,16-21,23H2,1-3H3/b33-31+. The van der Waals surface area contributed by atoms with Crippen molar-refractivity contribution in [2.45, 2.75) is 45.8 Å². The molecular weight excluding hydrogens is 528 g/mol. The van der Waals surface area contributed by atoms with Crippen LogP contribution in [0.15, 0.2) is 78.4 Å². The summed E-state index contributed by atoms with van der Waals surface area (Å²) in [5.41, 5.74) is 4.81. The molecule has 2 fully saturated rings. The van der Waals surface area contributed by atoms with Gasteiger partial charge in [0.25, 0.3) is 11.7 Å². The lowest BCUT2D eigenvalue weighted by Gasteiger charge is -2.29. The number of hydrogen-bond donors (Lipinski definition) is 1. The van der Waals surface area contributed by atoms with Crippen LogP contribution in [0.3, 0.4) is 0 Å². The molecule has 2 aliphatic rings. The maximum absolute atomic E-state index is 13.4. The highest BCUT2D eigenvalue weighted by Gasteiger charge is 2.45. The van der Waals surface area contributed by atoms with E-state index in [4.69, 9.17) is 9.47 Å². The van der Waals surface area contributed by atoms with Gasteiger partial charge < -0.3 is 19.5 Å². The third kappa shape index (κ3) is 6.75. The number of likely N-dealkylation sites (tertiary alicyclic amines) is 1. The molecule has 0 spiro atoms. The van der Waals surface area contributed by atoms with E-state index in [1.54, 1.807) is 29.2 Å². The molecule has 0 aliphatic carbocycles. The Bertz CT molecular complexity index is 1420. The number of nitrogens with zero attached hydrogens (tertiary/aromatic N) is 2. The molecule has 5 rings (SSSR count). The number of benzene rings is 3. The highest BCUT2D eigenvalue weighted by Crippen LogP contribution is 2.40. The fourth-order valence-corrected chi connectivity index (χ4v) is 5.64. The van der Waals surface area contributed by atoms with E-state index in [0.717, 1.165) is 37.2 Å². The number of amides is 1. The molecule has 0 radical (unpaired) electrons. The Balaban J connectivity index is 1.40. The molecule has 2 heterocycles. The molecule has 7 nitrogen and oxygen atoms in total. The maximum atomic E-state index is 13.4. The van der Waals surface area contributed by atoms with Crippen molar-refractivity contribution in [3.05, 3.63) is 106 Å². The second kappa shape index (κ2) is 13.4. The average Bonchev–Trinajstić information content (AvgIpc) is 3.25. The fraction of sp³-hybridized carbons (Fsp3) is 0.371. The molecule has 1 N–H and O–H groups in total. The zero-order valence-electron chi connectivity index (χ0n) is 24.7. The predicted molar refractivity (Wildman–Crippen MR) is 163 cm³/mol. The normalized spacial score (nSPS) is 19.0. The lowest BCUT2D eigenvalue weighted by atomic mass is 9.93. The Morgan fingerprint density at radius 1 is 0.976 bits per heavy atom. The largest absolute Gasteiger partial charge is 0.507 e. The van der Waals surface area contributed by atoms with Gasteiger partial charge in [-0.2, -0.15) is 0 Å². The van der Waals surface area contributed by atoms with E-state index in [2.05, 4.69) is 24.8 Å². The van der Waals surface area contributed by atoms with Crippen LogP contribution in [0.25, 0.3) is 5.76 Å². The van der Waals surface area contributed by atoms with Gasteiger partial charge in [-0.25, -0.2) is 0 Å². The van der Waals surface area contributed by atoms with E-state index < -0.39 is 17.7 Å². The number of morpholine rings is 1. The van der Waals surface area contributed by atoms with Gasteiger partial charge in [0.05, 0.1) is 24.8 Å². The monoisotopic (exact) mass is 568 g/mol. The maximum Gasteiger partial charge on any atom is 0.295 e. The molecule has 1 amide bonds. The van der Waals surface area contributed by atoms with Crippen molar-refractivity contribution in [1.29, 1.82) is 0 Å². The van der Waals surface area contributed by atoms with Crippen molar-refractivity contribution < 1.29 is 24.2 Å². The highest BCUT2D eigenvalue weighted by atomic mass is 16.5. The zero-order chi connectivity index (χ0) is 29.6. The summed E-state index contributed by atoms with van der Waals surface area (Å²) >= 11 is 0. The molecule has 1 atom stereocenters. The van der Waals surface area contributed by atoms with Crippen molar-refractivity contribution in [2.24, 2.45) is 0 Å². The van der Waals surface area contributed by atoms with Crippen molar-refractivity contribution in [2.75, 3.05) is 39.4 Å². The van der Waals surface area contributed by atoms with E-state index in [1.165, 1.54) is 11.1 Å². The number of Topliss-reactive ketones (excluding diaryl/α,β-unsaturated/α-hetero) is 1. The third-order valence-corrected chi connectivity index (χ3v) is 8.05. The molecule has 7 heteroatoms. The Hall–Kier alpha value is -3.94. The van der Waals surface area contributed by atoms with Crippen LogP contribution in [0.5, 0.6) is 5.75 Å². The number of aryl methyl sites for hydroxylation is 1. The molecule has 3 aromatic carbocycles. The van der Waals surface area contributed by atoms with Gasteiger partial charge in [-0.1, -0.05) is 67.9 Å². The SMILES string of the molecule is Cc1cccc(COc2ccc(/C(O)=C3\C(=O)C(=O)N(CCCN4CCOCC4)C3c3ccc(C(C)C)cc3)cc2)c1. The third-order valence-electron chi connectivity index (χ3n) is 8.05. The first-order valence-electron chi connectivity index (χ1n) is 14.8. The lowest BCUT2D eigenvalue weighted by Crippen LogP contribution is -2.38. The number of hydrogen-bond acceptors (Lipinski definition) is 6. The van der Waals surface area contributed by atoms with Crippen LogP contribution in [0, 0.1) is 6.92 Å². The number of rotatable bonds is 10. The van der Waals surface area contributed by atoms with Crippen LogP contribution >= 0.6 is 0 Å². The van der Waals surface area contributed by atoms with Gasteiger partial charge in [-0.3, -0.25) is 14.5 Å². The Labute approximate surface area is 248 Å². The summed E-state index contributed by atoms with van der Waals surface area (Å²) in [7, 11) is 0. The number of ketones is 1. The zero-order valence-corrected chi connectivity index (χ0v) is 24.7. The first-order valence-corrected chi connectivity index (χ1v) is 14.8. The minimum atomic E-state index is -0.659. The second-order valence-corrected chi connectivity index (χ2v) is 11.4. The van der Waals surface area contributed by atoms with Gasteiger partial charge >= 0.3 is 0 Å². The van der Waals surface area contributed by atoms with Crippen LogP contribution in [0.2, 0.25) is 0 Å². The van der Waals surface area contributed by atoms with Gasteiger partial charge in [-0.15, -0.1) is 0 Å². The quantitative estimate of drug-likeness (QED) is 0.188. The first-order chi connectivity index (χ1) is 20.3. The van der Waals surface area contributed by atoms with Crippen LogP contribution in [-0.4, -0.2) is 66.0 Å². The molecule has 0 aromatic heterocycles. The smallest absolute Gasteiger partial charge is 0.295 e. The lowest BCUT2D eigenvalue weighted by molar-refractivity contribution is -0.140. The summed E-state index contributed by atoms with van der Waals surface area (Å²) in [6.45, 7) is 11.1. The minimum absolute atomic E-state index is 0.122. The second-order valence-electron chi connectivity index (χ2n) is 11.4. The topological polar surface area (TPSA) is 79.3 Å². The average molecular weight is 569 g/mol. The minimum Gasteiger partial charge on any atom is -0.507 e. The van der Waals surface area contributed by atoms with E-state index >= 15 is 0 Å². The first kappa shape index (κ1) is 29.5. The number of aliphatic hydroxyl groups is 1. The van der Waals surface area contributed by atoms with Crippen LogP contribution in [0.1, 0.15) is 60.0 Å². The van der Waals surface area contributed by atoms with E-state index in [-0.39, 0.29) is 11.3 Å². The van der Waals surface area contributed by atoms with Crippen molar-refractivity contribution >= 4 is 17.4 Å². The Morgan fingerprint density at radius 3 is 2.36 bits per heavy atom. The molecule has 3 aromatic rings. The molecular formula is C35H40N2O5. The molecule has 0 bridgehead atoms. The summed E-state index contributed by atoms with van der Waals surface area (Å²) in [6.07, 6.45) is 0.723. The predicted octanol–water partition coefficient (Wildman–Crippen LogP) is 5.84. The number of carbonyl (C=O) groups is 2. The fourth-order valence-electron chi connectivity index (χ4n) is 5.64. The summed E-state index contributed by atoms with van der Waals surface area (Å²) < 4.78 is 11.4. The molecule has 220 valence electrons. The molecule has 0 saturated carbocycles. The Kier molecular flexibility index (Phi) is 9.40. The van der Waals surface area contributed by atoms with E-state index in [0.29, 0.717) is 43.6 Å². The van der Waals surface area contributed by atoms with Crippen molar-refractivity contribution in [3.63, 3.8) is 0 Å². The Morgan fingerprint density at radius 2 is 1.69 bits per heavy atom. The van der Waals surface area contributed by atoms with E-state index in [1.807, 2.05) is 49.4 Å². The molecule has 42 heavy (non-hydrogen) atoms. The van der Waals surface area contributed by atoms with Gasteiger partial charge in [-0.05, 0) is 60.2 Å². The van der Waals surface area contributed by atoms with E-state index in [9.17, 15) is 14.7 Å². The van der Waals surface area contributed by atoms with Gasteiger partial charge in [0.15, 0.2) is 0 Å². The molecule has 2 saturated heterocycles. The van der Waals surface area contributed by atoms with Crippen molar-refractivity contribution in [3.8, 4) is 5.75 Å². The van der Waals surface area contributed by atoms with Gasteiger partial charge in [0.2, 0.25) is 0 Å².